The zero-order valence-electron chi connectivity index (χ0n) is 6.00. The van der Waals surface area contributed by atoms with Crippen LogP contribution in [0.5, 0.6) is 0 Å². The van der Waals surface area contributed by atoms with Crippen molar-refractivity contribution in [1.29, 1.82) is 0 Å². The Hall–Kier alpha value is -0.270. The first-order valence-corrected chi connectivity index (χ1v) is 4.34. The third-order valence-electron chi connectivity index (χ3n) is 1.34. The number of nitrogens with zero attached hydrogens (tertiary/aromatic N) is 1. The molecule has 0 saturated heterocycles. The van der Waals surface area contributed by atoms with Crippen LogP contribution >= 0.6 is 23.2 Å². The van der Waals surface area contributed by atoms with E-state index in [0.717, 1.165) is 18.5 Å². The van der Waals surface area contributed by atoms with Crippen molar-refractivity contribution in [3.8, 4) is 0 Å². The molecular weight excluding hydrogens is 181 g/mol. The van der Waals surface area contributed by atoms with Gasteiger partial charge in [-0.1, -0.05) is 6.07 Å². The molecule has 1 rings (SSSR count). The fourth-order valence-corrected chi connectivity index (χ4v) is 1.02. The summed E-state index contributed by atoms with van der Waals surface area (Å²) >= 11 is 11.1. The summed E-state index contributed by atoms with van der Waals surface area (Å²) in [6.07, 6.45) is 3.38. The minimum Gasteiger partial charge on any atom is -0.261 e. The molecule has 0 aliphatic rings. The number of hydrogen-bond donors (Lipinski definition) is 0. The van der Waals surface area contributed by atoms with Crippen molar-refractivity contribution >= 4 is 23.2 Å². The van der Waals surface area contributed by atoms with Gasteiger partial charge in [0.1, 0.15) is 4.84 Å². The predicted molar refractivity (Wildman–Crippen MR) is 48.1 cm³/mol. The van der Waals surface area contributed by atoms with Crippen molar-refractivity contribution in [1.82, 2.24) is 4.98 Å². The molecule has 1 nitrogen and oxygen atoms in total. The second-order valence-corrected chi connectivity index (χ2v) is 3.53. The van der Waals surface area contributed by atoms with E-state index < -0.39 is 0 Å². The smallest absolute Gasteiger partial charge is 0.108 e. The largest absolute Gasteiger partial charge is 0.261 e. The minimum atomic E-state index is -0.281. The fraction of sp³-hybridized carbons (Fsp3) is 0.375. The van der Waals surface area contributed by atoms with Gasteiger partial charge < -0.3 is 0 Å². The minimum absolute atomic E-state index is 0.281. The van der Waals surface area contributed by atoms with E-state index in [1.54, 1.807) is 6.20 Å². The summed E-state index contributed by atoms with van der Waals surface area (Å²) in [5.41, 5.74) is 1.04. The van der Waals surface area contributed by atoms with Gasteiger partial charge >= 0.3 is 0 Å². The summed E-state index contributed by atoms with van der Waals surface area (Å²) in [5, 5.41) is 0. The first-order chi connectivity index (χ1) is 5.29. The van der Waals surface area contributed by atoms with E-state index in [-0.39, 0.29) is 4.84 Å². The first-order valence-electron chi connectivity index (χ1n) is 3.47. The van der Waals surface area contributed by atoms with Gasteiger partial charge in [-0.2, -0.15) is 0 Å². The molecule has 0 spiro atoms. The number of halogens is 2. The number of aryl methyl sites for hydroxylation is 1. The Morgan fingerprint density at radius 2 is 2.18 bits per heavy atom. The van der Waals surface area contributed by atoms with Crippen LogP contribution in [-0.4, -0.2) is 9.82 Å². The van der Waals surface area contributed by atoms with Crippen LogP contribution in [0, 0.1) is 0 Å². The van der Waals surface area contributed by atoms with E-state index in [2.05, 4.69) is 4.98 Å². The van der Waals surface area contributed by atoms with Crippen LogP contribution in [0.1, 0.15) is 12.1 Å². The van der Waals surface area contributed by atoms with Gasteiger partial charge in [0.2, 0.25) is 0 Å². The standard InChI is InChI=1S/C8H9Cl2N/c9-8(10)5-4-7-3-1-2-6-11-7/h1-3,6,8H,4-5H2. The number of pyridine rings is 1. The maximum Gasteiger partial charge on any atom is 0.108 e. The van der Waals surface area contributed by atoms with Crippen LogP contribution in [0.4, 0.5) is 0 Å². The predicted octanol–water partition coefficient (Wildman–Crippen LogP) is 2.82. The SMILES string of the molecule is ClC(Cl)CCc1ccccn1. The van der Waals surface area contributed by atoms with Gasteiger partial charge in [0, 0.05) is 11.9 Å². The lowest BCUT2D eigenvalue weighted by atomic mass is 10.2. The van der Waals surface area contributed by atoms with E-state index in [4.69, 9.17) is 23.2 Å². The lowest BCUT2D eigenvalue weighted by Crippen LogP contribution is -1.93. The zero-order chi connectivity index (χ0) is 8.10. The highest BCUT2D eigenvalue weighted by Crippen LogP contribution is 2.10. The van der Waals surface area contributed by atoms with Gasteiger partial charge in [-0.05, 0) is 25.0 Å². The van der Waals surface area contributed by atoms with E-state index in [9.17, 15) is 0 Å². The van der Waals surface area contributed by atoms with Gasteiger partial charge in [-0.25, -0.2) is 0 Å². The molecule has 0 N–H and O–H groups in total. The number of aromatic nitrogens is 1. The second kappa shape index (κ2) is 4.58. The van der Waals surface area contributed by atoms with Crippen molar-refractivity contribution in [2.75, 3.05) is 0 Å². The Kier molecular flexibility index (Phi) is 3.67. The summed E-state index contributed by atoms with van der Waals surface area (Å²) in [6.45, 7) is 0. The monoisotopic (exact) mass is 189 g/mol. The summed E-state index contributed by atoms with van der Waals surface area (Å²) in [5.74, 6) is 0. The van der Waals surface area contributed by atoms with E-state index in [1.807, 2.05) is 18.2 Å². The van der Waals surface area contributed by atoms with Gasteiger partial charge in [-0.15, -0.1) is 23.2 Å². The Morgan fingerprint density at radius 1 is 1.36 bits per heavy atom. The normalized spacial score (nSPS) is 10.5. The molecule has 0 aromatic carbocycles. The molecular formula is C8H9Cl2N. The van der Waals surface area contributed by atoms with Crippen molar-refractivity contribution in [3.05, 3.63) is 30.1 Å². The third kappa shape index (κ3) is 3.59. The molecule has 1 aromatic heterocycles. The molecule has 0 amide bonds. The van der Waals surface area contributed by atoms with Crippen LogP contribution in [0.3, 0.4) is 0 Å². The second-order valence-electron chi connectivity index (χ2n) is 2.25. The molecule has 0 bridgehead atoms. The topological polar surface area (TPSA) is 12.9 Å². The van der Waals surface area contributed by atoms with Gasteiger partial charge in [-0.3, -0.25) is 4.98 Å². The lowest BCUT2D eigenvalue weighted by molar-refractivity contribution is 0.859. The van der Waals surface area contributed by atoms with Gasteiger partial charge in [0.25, 0.3) is 0 Å². The molecule has 11 heavy (non-hydrogen) atoms. The van der Waals surface area contributed by atoms with Crippen LogP contribution in [-0.2, 0) is 6.42 Å². The van der Waals surface area contributed by atoms with Gasteiger partial charge in [0.15, 0.2) is 0 Å². The Labute approximate surface area is 76.4 Å². The number of rotatable bonds is 3. The quantitative estimate of drug-likeness (QED) is 0.667. The molecule has 0 aliphatic carbocycles. The molecule has 0 saturated carbocycles. The van der Waals surface area contributed by atoms with E-state index in [1.165, 1.54) is 0 Å². The van der Waals surface area contributed by atoms with Crippen LogP contribution in [0.25, 0.3) is 0 Å². The Morgan fingerprint density at radius 3 is 2.73 bits per heavy atom. The fourth-order valence-electron chi connectivity index (χ4n) is 0.803. The molecule has 0 atom stereocenters. The summed E-state index contributed by atoms with van der Waals surface area (Å²) in [4.78, 5) is 3.85. The third-order valence-corrected chi connectivity index (χ3v) is 1.78. The molecule has 0 unspecified atom stereocenters. The molecule has 3 heteroatoms. The molecule has 1 heterocycles. The molecule has 0 radical (unpaired) electrons. The average molecular weight is 190 g/mol. The Bertz CT molecular complexity index is 199. The summed E-state index contributed by atoms with van der Waals surface area (Å²) in [6, 6.07) is 5.82. The van der Waals surface area contributed by atoms with Crippen molar-refractivity contribution < 1.29 is 0 Å². The highest BCUT2D eigenvalue weighted by Gasteiger charge is 1.99. The van der Waals surface area contributed by atoms with Crippen molar-refractivity contribution in [2.24, 2.45) is 0 Å². The average Bonchev–Trinajstić information content (AvgIpc) is 2.03. The summed E-state index contributed by atoms with van der Waals surface area (Å²) in [7, 11) is 0. The maximum absolute atomic E-state index is 5.57. The van der Waals surface area contributed by atoms with Crippen molar-refractivity contribution in [3.63, 3.8) is 0 Å². The summed E-state index contributed by atoms with van der Waals surface area (Å²) < 4.78 is 0. The molecule has 0 fully saturated rings. The molecule has 0 aliphatic heterocycles. The number of hydrogen-bond acceptors (Lipinski definition) is 1. The molecule has 1 aromatic rings. The highest BCUT2D eigenvalue weighted by atomic mass is 35.5. The van der Waals surface area contributed by atoms with Crippen LogP contribution < -0.4 is 0 Å². The molecule has 60 valence electrons. The van der Waals surface area contributed by atoms with E-state index >= 15 is 0 Å². The Balaban J connectivity index is 2.39. The zero-order valence-corrected chi connectivity index (χ0v) is 7.52. The highest BCUT2D eigenvalue weighted by molar-refractivity contribution is 6.44. The van der Waals surface area contributed by atoms with Crippen LogP contribution in [0.15, 0.2) is 24.4 Å². The number of alkyl halides is 2. The van der Waals surface area contributed by atoms with E-state index in [0.29, 0.717) is 0 Å². The first kappa shape index (κ1) is 8.82. The lowest BCUT2D eigenvalue weighted by Gasteiger charge is -1.99. The van der Waals surface area contributed by atoms with Crippen LogP contribution in [0.2, 0.25) is 0 Å². The van der Waals surface area contributed by atoms with Gasteiger partial charge in [0.05, 0.1) is 0 Å². The maximum atomic E-state index is 5.57. The van der Waals surface area contributed by atoms with Crippen molar-refractivity contribution in [2.45, 2.75) is 17.7 Å².